The molecule has 2 aliphatic rings. The van der Waals surface area contributed by atoms with Gasteiger partial charge in [-0.2, -0.15) is 4.31 Å². The van der Waals surface area contributed by atoms with Gasteiger partial charge in [0.05, 0.1) is 0 Å². The summed E-state index contributed by atoms with van der Waals surface area (Å²) < 4.78 is 28.9. The molecular weight excluding hydrogens is 438 g/mol. The van der Waals surface area contributed by atoms with Crippen LogP contribution in [0.2, 0.25) is 0 Å². The Kier molecular flexibility index (Phi) is 7.21. The van der Waals surface area contributed by atoms with Crippen molar-refractivity contribution >= 4 is 15.9 Å². The third-order valence-corrected chi connectivity index (χ3v) is 8.71. The van der Waals surface area contributed by atoms with Gasteiger partial charge in [0, 0.05) is 57.9 Å². The van der Waals surface area contributed by atoms with Gasteiger partial charge in [-0.3, -0.25) is 9.69 Å². The monoisotopic (exact) mass is 473 g/mol. The standard InChI is InChI=1S/C24H35N5O3S/c1-18-5-4-6-20(15-18)16-28-11-9-22(10-12-28)26-24(30)21-7-13-29(14-8-21)33(31,32)23-17-27(3)19(2)25-23/h4-6,15,17,21-22H,7-14,16H2,1-3H3,(H,26,30). The number of carbonyl (C=O) groups excluding carboxylic acids is 1. The number of amides is 1. The number of hydrogen-bond donors (Lipinski definition) is 1. The van der Waals surface area contributed by atoms with Gasteiger partial charge < -0.3 is 9.88 Å². The highest BCUT2D eigenvalue weighted by molar-refractivity contribution is 7.89. The maximum Gasteiger partial charge on any atom is 0.262 e. The van der Waals surface area contributed by atoms with E-state index in [2.05, 4.69) is 46.4 Å². The van der Waals surface area contributed by atoms with Crippen molar-refractivity contribution in [3.8, 4) is 0 Å². The van der Waals surface area contributed by atoms with E-state index in [4.69, 9.17) is 0 Å². The summed E-state index contributed by atoms with van der Waals surface area (Å²) in [7, 11) is -1.83. The number of piperidine rings is 2. The third kappa shape index (κ3) is 5.65. The zero-order chi connectivity index (χ0) is 23.6. The minimum Gasteiger partial charge on any atom is -0.353 e. The van der Waals surface area contributed by atoms with Crippen LogP contribution in [-0.4, -0.2) is 65.3 Å². The number of aromatic nitrogens is 2. The van der Waals surface area contributed by atoms with E-state index in [-0.39, 0.29) is 22.9 Å². The average Bonchev–Trinajstić information content (AvgIpc) is 3.14. The molecule has 2 fully saturated rings. The van der Waals surface area contributed by atoms with Crippen molar-refractivity contribution < 1.29 is 13.2 Å². The maximum absolute atomic E-state index is 12.9. The van der Waals surface area contributed by atoms with Crippen LogP contribution >= 0.6 is 0 Å². The van der Waals surface area contributed by atoms with Crippen molar-refractivity contribution in [2.24, 2.45) is 13.0 Å². The number of sulfonamides is 1. The van der Waals surface area contributed by atoms with Gasteiger partial charge in [0.25, 0.3) is 10.0 Å². The van der Waals surface area contributed by atoms with Crippen molar-refractivity contribution in [1.29, 1.82) is 0 Å². The van der Waals surface area contributed by atoms with E-state index in [1.807, 2.05) is 0 Å². The van der Waals surface area contributed by atoms with Crippen molar-refractivity contribution in [2.75, 3.05) is 26.2 Å². The molecule has 1 N–H and O–H groups in total. The van der Waals surface area contributed by atoms with Crippen LogP contribution in [0.15, 0.2) is 35.5 Å². The lowest BCUT2D eigenvalue weighted by atomic mass is 9.95. The summed E-state index contributed by atoms with van der Waals surface area (Å²) in [6, 6.07) is 8.82. The van der Waals surface area contributed by atoms with E-state index in [1.54, 1.807) is 24.7 Å². The molecule has 1 aromatic carbocycles. The molecule has 0 aliphatic carbocycles. The van der Waals surface area contributed by atoms with Gasteiger partial charge in [-0.15, -0.1) is 0 Å². The Labute approximate surface area is 197 Å². The van der Waals surface area contributed by atoms with Crippen LogP contribution in [0.4, 0.5) is 0 Å². The summed E-state index contributed by atoms with van der Waals surface area (Å²) in [5.74, 6) is 0.595. The molecular formula is C24H35N5O3S. The Balaban J connectivity index is 1.23. The van der Waals surface area contributed by atoms with E-state index in [0.29, 0.717) is 31.8 Å². The third-order valence-electron chi connectivity index (χ3n) is 6.94. The number of likely N-dealkylation sites (tertiary alicyclic amines) is 1. The molecule has 180 valence electrons. The van der Waals surface area contributed by atoms with E-state index < -0.39 is 10.0 Å². The highest BCUT2D eigenvalue weighted by atomic mass is 32.2. The normalized spacial score (nSPS) is 19.6. The fraction of sp³-hybridized carbons (Fsp3) is 0.583. The van der Waals surface area contributed by atoms with Gasteiger partial charge >= 0.3 is 0 Å². The Bertz CT molecular complexity index is 1060. The Morgan fingerprint density at radius 3 is 2.39 bits per heavy atom. The molecule has 0 spiro atoms. The first-order valence-corrected chi connectivity index (χ1v) is 13.2. The lowest BCUT2D eigenvalue weighted by molar-refractivity contribution is -0.127. The number of aryl methyl sites for hydroxylation is 3. The molecule has 0 radical (unpaired) electrons. The highest BCUT2D eigenvalue weighted by Crippen LogP contribution is 2.24. The summed E-state index contributed by atoms with van der Waals surface area (Å²) >= 11 is 0. The number of rotatable bonds is 6. The number of carbonyl (C=O) groups is 1. The van der Waals surface area contributed by atoms with Gasteiger partial charge in [-0.25, -0.2) is 13.4 Å². The number of hydrogen-bond acceptors (Lipinski definition) is 5. The van der Waals surface area contributed by atoms with Gasteiger partial charge in [0.2, 0.25) is 5.91 Å². The molecule has 33 heavy (non-hydrogen) atoms. The Morgan fingerprint density at radius 2 is 1.79 bits per heavy atom. The molecule has 0 atom stereocenters. The SMILES string of the molecule is Cc1cccc(CN2CCC(NC(=O)C3CCN(S(=O)(=O)c4cn(C)c(C)n4)CC3)CC2)c1. The minimum atomic E-state index is -3.61. The van der Waals surface area contributed by atoms with Gasteiger partial charge in [-0.05, 0) is 45.1 Å². The van der Waals surface area contributed by atoms with E-state index >= 15 is 0 Å². The molecule has 0 bridgehead atoms. The molecule has 2 aliphatic heterocycles. The second-order valence-corrected chi connectivity index (χ2v) is 11.3. The number of benzene rings is 1. The quantitative estimate of drug-likeness (QED) is 0.695. The van der Waals surface area contributed by atoms with Crippen molar-refractivity contribution in [3.63, 3.8) is 0 Å². The first kappa shape index (κ1) is 23.9. The van der Waals surface area contributed by atoms with Crippen LogP contribution in [0.1, 0.15) is 42.6 Å². The van der Waals surface area contributed by atoms with Crippen LogP contribution in [0, 0.1) is 19.8 Å². The molecule has 8 nitrogen and oxygen atoms in total. The van der Waals surface area contributed by atoms with Crippen LogP contribution in [0.3, 0.4) is 0 Å². The minimum absolute atomic E-state index is 0.0675. The molecule has 0 unspecified atom stereocenters. The highest BCUT2D eigenvalue weighted by Gasteiger charge is 2.34. The molecule has 9 heteroatoms. The number of nitrogens with one attached hydrogen (secondary N) is 1. The van der Waals surface area contributed by atoms with Crippen molar-refractivity contribution in [2.45, 2.75) is 57.1 Å². The van der Waals surface area contributed by atoms with Crippen molar-refractivity contribution in [3.05, 3.63) is 47.4 Å². The topological polar surface area (TPSA) is 87.5 Å². The lowest BCUT2D eigenvalue weighted by Crippen LogP contribution is -2.48. The second kappa shape index (κ2) is 9.95. The van der Waals surface area contributed by atoms with Crippen LogP contribution in [0.5, 0.6) is 0 Å². The molecule has 2 saturated heterocycles. The molecule has 0 saturated carbocycles. The number of nitrogens with zero attached hydrogens (tertiary/aromatic N) is 4. The number of imidazole rings is 1. The van der Waals surface area contributed by atoms with Crippen molar-refractivity contribution in [1.82, 2.24) is 24.1 Å². The van der Waals surface area contributed by atoms with Crippen LogP contribution in [-0.2, 0) is 28.4 Å². The molecule has 4 rings (SSSR count). The van der Waals surface area contributed by atoms with Crippen LogP contribution < -0.4 is 5.32 Å². The van der Waals surface area contributed by atoms with Gasteiger partial charge in [-0.1, -0.05) is 29.8 Å². The predicted molar refractivity (Wildman–Crippen MR) is 127 cm³/mol. The summed E-state index contributed by atoms with van der Waals surface area (Å²) in [4.78, 5) is 19.5. The Hall–Kier alpha value is -2.23. The zero-order valence-electron chi connectivity index (χ0n) is 19.8. The fourth-order valence-corrected chi connectivity index (χ4v) is 6.26. The largest absolute Gasteiger partial charge is 0.353 e. The summed E-state index contributed by atoms with van der Waals surface area (Å²) in [6.45, 7) is 7.49. The molecule has 2 aromatic rings. The summed E-state index contributed by atoms with van der Waals surface area (Å²) in [5, 5.41) is 3.31. The lowest BCUT2D eigenvalue weighted by Gasteiger charge is -2.34. The molecule has 3 heterocycles. The maximum atomic E-state index is 12.9. The summed E-state index contributed by atoms with van der Waals surface area (Å²) in [5.41, 5.74) is 2.61. The Morgan fingerprint density at radius 1 is 1.09 bits per heavy atom. The van der Waals surface area contributed by atoms with Gasteiger partial charge in [0.15, 0.2) is 5.03 Å². The zero-order valence-corrected chi connectivity index (χ0v) is 20.6. The first-order valence-electron chi connectivity index (χ1n) is 11.8. The molecule has 1 aromatic heterocycles. The second-order valence-electron chi connectivity index (χ2n) is 9.46. The van der Waals surface area contributed by atoms with E-state index in [9.17, 15) is 13.2 Å². The van der Waals surface area contributed by atoms with E-state index in [0.717, 1.165) is 32.5 Å². The fourth-order valence-electron chi connectivity index (χ4n) is 4.76. The van der Waals surface area contributed by atoms with Gasteiger partial charge in [0.1, 0.15) is 5.82 Å². The van der Waals surface area contributed by atoms with Crippen LogP contribution in [0.25, 0.3) is 0 Å². The predicted octanol–water partition coefficient (Wildman–Crippen LogP) is 2.22. The smallest absolute Gasteiger partial charge is 0.262 e. The summed E-state index contributed by atoms with van der Waals surface area (Å²) in [6.07, 6.45) is 4.54. The first-order chi connectivity index (χ1) is 15.7. The van der Waals surface area contributed by atoms with E-state index in [1.165, 1.54) is 15.4 Å². The average molecular weight is 474 g/mol. The molecule has 1 amide bonds.